The Kier molecular flexibility index (Phi) is 15.3. The number of para-hydroxylation sites is 5. The van der Waals surface area contributed by atoms with E-state index in [1.165, 1.54) is 99.2 Å². The van der Waals surface area contributed by atoms with Crippen LogP contribution in [0.4, 0.5) is 34.1 Å². The van der Waals surface area contributed by atoms with Gasteiger partial charge in [0, 0.05) is 67.0 Å². The number of rotatable bonds is 13. The average molecular weight is 1200 g/mol. The first-order valence-corrected chi connectivity index (χ1v) is 32.1. The van der Waals surface area contributed by atoms with Crippen molar-refractivity contribution in [3.8, 4) is 67.0 Å². The largest absolute Gasteiger partial charge is 0.311 e. The molecular weight excluding hydrogens is 1140 g/mol. The molecule has 0 saturated carbocycles. The Bertz CT molecular complexity index is 5210. The molecule has 0 bridgehead atoms. The van der Waals surface area contributed by atoms with Crippen LogP contribution in [0.15, 0.2) is 388 Å². The van der Waals surface area contributed by atoms with Gasteiger partial charge < -0.3 is 18.9 Å². The maximum Gasteiger partial charge on any atom is 0.0541 e. The lowest BCUT2D eigenvalue weighted by Gasteiger charge is -2.26. The summed E-state index contributed by atoms with van der Waals surface area (Å²) in [6.45, 7) is 0. The maximum atomic E-state index is 2.36. The van der Waals surface area contributed by atoms with Crippen molar-refractivity contribution < 1.29 is 0 Å². The molecule has 0 aliphatic heterocycles. The lowest BCUT2D eigenvalue weighted by Crippen LogP contribution is -2.09. The van der Waals surface area contributed by atoms with E-state index in [2.05, 4.69) is 407 Å². The maximum absolute atomic E-state index is 2.36. The summed E-state index contributed by atoms with van der Waals surface area (Å²) in [5.41, 5.74) is 25.9. The molecule has 2 heterocycles. The third-order valence-corrected chi connectivity index (χ3v) is 18.0. The number of aromatic nitrogens is 2. The van der Waals surface area contributed by atoms with Crippen molar-refractivity contribution in [1.29, 1.82) is 0 Å². The van der Waals surface area contributed by atoms with Gasteiger partial charge in [-0.05, 0) is 177 Å². The normalized spacial score (nSPS) is 11.2. The van der Waals surface area contributed by atoms with Gasteiger partial charge in [-0.1, -0.05) is 267 Å². The molecule has 94 heavy (non-hydrogen) atoms. The van der Waals surface area contributed by atoms with E-state index in [-0.39, 0.29) is 0 Å². The summed E-state index contributed by atoms with van der Waals surface area (Å²) in [7, 11) is 0. The van der Waals surface area contributed by atoms with Crippen molar-refractivity contribution in [2.24, 2.45) is 0 Å². The molecule has 17 aromatic rings. The van der Waals surface area contributed by atoms with Crippen LogP contribution >= 0.6 is 0 Å². The van der Waals surface area contributed by atoms with Crippen LogP contribution in [0, 0.1) is 0 Å². The van der Waals surface area contributed by atoms with Crippen molar-refractivity contribution in [3.63, 3.8) is 0 Å². The van der Waals surface area contributed by atoms with Crippen molar-refractivity contribution in [3.05, 3.63) is 388 Å². The molecular formula is C90H64N4. The van der Waals surface area contributed by atoms with E-state index < -0.39 is 0 Å². The van der Waals surface area contributed by atoms with E-state index in [1.54, 1.807) is 0 Å². The molecule has 17 rings (SSSR count). The highest BCUT2D eigenvalue weighted by Crippen LogP contribution is 2.41. The van der Waals surface area contributed by atoms with Gasteiger partial charge in [0.25, 0.3) is 0 Å². The van der Waals surface area contributed by atoms with Crippen molar-refractivity contribution in [1.82, 2.24) is 9.13 Å². The fourth-order valence-electron chi connectivity index (χ4n) is 13.4. The first-order chi connectivity index (χ1) is 46.6. The molecule has 2 aromatic heterocycles. The van der Waals surface area contributed by atoms with Crippen molar-refractivity contribution in [2.75, 3.05) is 9.80 Å². The Morgan fingerprint density at radius 2 is 0.309 bits per heavy atom. The number of hydrogen-bond donors (Lipinski definition) is 0. The molecule has 0 N–H and O–H groups in total. The first kappa shape index (κ1) is 56.7. The zero-order chi connectivity index (χ0) is 62.6. The highest BCUT2D eigenvalue weighted by Gasteiger charge is 2.18. The first-order valence-electron chi connectivity index (χ1n) is 32.1. The molecule has 0 aliphatic rings. The minimum absolute atomic E-state index is 1.11. The highest BCUT2D eigenvalue weighted by molar-refractivity contribution is 6.10. The monoisotopic (exact) mass is 1200 g/mol. The van der Waals surface area contributed by atoms with Crippen LogP contribution in [-0.4, -0.2) is 9.13 Å². The lowest BCUT2D eigenvalue weighted by molar-refractivity contribution is 1.18. The van der Waals surface area contributed by atoms with Crippen molar-refractivity contribution in [2.45, 2.75) is 0 Å². The van der Waals surface area contributed by atoms with Gasteiger partial charge >= 0.3 is 0 Å². The number of anilines is 6. The molecule has 0 atom stereocenters. The Labute approximate surface area is 548 Å². The second-order valence-electron chi connectivity index (χ2n) is 23.7. The predicted octanol–water partition coefficient (Wildman–Crippen LogP) is 24.8. The van der Waals surface area contributed by atoms with Gasteiger partial charge in [-0.2, -0.15) is 0 Å². The molecule has 0 radical (unpaired) electrons. The minimum atomic E-state index is 1.11. The summed E-state index contributed by atoms with van der Waals surface area (Å²) in [6.07, 6.45) is 0. The Hall–Kier alpha value is -12.5. The molecule has 4 heteroatoms. The molecule has 0 saturated heterocycles. The minimum Gasteiger partial charge on any atom is -0.311 e. The van der Waals surface area contributed by atoms with Gasteiger partial charge in [-0.25, -0.2) is 0 Å². The van der Waals surface area contributed by atoms with Crippen LogP contribution in [0.2, 0.25) is 0 Å². The topological polar surface area (TPSA) is 16.3 Å². The summed E-state index contributed by atoms with van der Waals surface area (Å²) in [5.74, 6) is 0. The molecule has 4 nitrogen and oxygen atoms in total. The molecule has 0 aliphatic carbocycles. The molecule has 15 aromatic carbocycles. The molecule has 444 valence electrons. The number of fused-ring (bicyclic) bond motifs is 6. The van der Waals surface area contributed by atoms with E-state index in [0.717, 1.165) is 45.5 Å². The third-order valence-electron chi connectivity index (χ3n) is 18.0. The van der Waals surface area contributed by atoms with Gasteiger partial charge in [-0.3, -0.25) is 0 Å². The Morgan fingerprint density at radius 3 is 0.543 bits per heavy atom. The number of benzene rings is 15. The Morgan fingerprint density at radius 1 is 0.138 bits per heavy atom. The van der Waals surface area contributed by atoms with Crippen LogP contribution in [-0.2, 0) is 0 Å². The fourth-order valence-corrected chi connectivity index (χ4v) is 13.4. The van der Waals surface area contributed by atoms with Gasteiger partial charge in [0.1, 0.15) is 0 Å². The quantitative estimate of drug-likeness (QED) is 0.114. The van der Waals surface area contributed by atoms with Gasteiger partial charge in [0.15, 0.2) is 0 Å². The summed E-state index contributed by atoms with van der Waals surface area (Å²) in [6, 6.07) is 139. The highest BCUT2D eigenvalue weighted by atomic mass is 15.1. The Balaban J connectivity index is 0.000000150. The average Bonchev–Trinajstić information content (AvgIpc) is 1.61. The van der Waals surface area contributed by atoms with Crippen molar-refractivity contribution >= 4 is 77.7 Å². The lowest BCUT2D eigenvalue weighted by atomic mass is 10.0. The summed E-state index contributed by atoms with van der Waals surface area (Å²) < 4.78 is 4.72. The zero-order valence-corrected chi connectivity index (χ0v) is 51.7. The summed E-state index contributed by atoms with van der Waals surface area (Å²) >= 11 is 0. The fraction of sp³-hybridized carbons (Fsp3) is 0. The molecule has 0 amide bonds. The van der Waals surface area contributed by atoms with Crippen LogP contribution in [0.1, 0.15) is 0 Å². The van der Waals surface area contributed by atoms with Gasteiger partial charge in [-0.15, -0.1) is 0 Å². The second kappa shape index (κ2) is 25.4. The van der Waals surface area contributed by atoms with E-state index in [9.17, 15) is 0 Å². The summed E-state index contributed by atoms with van der Waals surface area (Å²) in [4.78, 5) is 4.64. The van der Waals surface area contributed by atoms with Crippen LogP contribution in [0.25, 0.3) is 111 Å². The van der Waals surface area contributed by atoms with Crippen LogP contribution in [0.3, 0.4) is 0 Å². The number of nitrogens with zero attached hydrogens (tertiary/aromatic N) is 4. The molecule has 0 spiro atoms. The SMILES string of the molecule is c1ccc(-c2ccc(N(c3ccc(-c4ccccc4)cc3)c3ccc(-c4ccc(-n5c6ccccc6c6ccccc65)cc4)cc3)cc2)cc1.c1ccc(-c2ccc(N(c3ccccc3)c3ccc(-c4ccc(-n5c6ccccc6c6ccccc65)cc4)cc3)cc2)cc1. The van der Waals surface area contributed by atoms with E-state index in [0.29, 0.717) is 0 Å². The van der Waals surface area contributed by atoms with E-state index in [1.807, 2.05) is 0 Å². The smallest absolute Gasteiger partial charge is 0.0541 e. The standard InChI is InChI=1S/C48H34N2.C42H30N2/c1-3-11-35(12-4-1)37-19-27-41(28-20-37)49(42-29-21-38(22-30-42)36-13-5-2-6-14-36)43-31-23-39(24-32-43)40-25-33-44(34-26-40)50-47-17-9-7-15-45(47)46-16-8-10-18-48(46)50;1-3-11-31(12-4-1)32-19-25-36(26-20-32)43(35-13-5-2-6-14-35)37-27-21-33(22-28-37)34-23-29-38(30-24-34)44-41-17-9-7-15-39(41)40-16-8-10-18-42(40)44/h1-34H;1-30H. The van der Waals surface area contributed by atoms with Crippen LogP contribution in [0.5, 0.6) is 0 Å². The van der Waals surface area contributed by atoms with E-state index in [4.69, 9.17) is 0 Å². The second-order valence-corrected chi connectivity index (χ2v) is 23.7. The van der Waals surface area contributed by atoms with Gasteiger partial charge in [0.2, 0.25) is 0 Å². The zero-order valence-electron chi connectivity index (χ0n) is 51.7. The molecule has 0 unspecified atom stereocenters. The van der Waals surface area contributed by atoms with E-state index >= 15 is 0 Å². The van der Waals surface area contributed by atoms with Crippen LogP contribution < -0.4 is 9.80 Å². The molecule has 0 fully saturated rings. The third kappa shape index (κ3) is 11.2. The number of hydrogen-bond acceptors (Lipinski definition) is 2. The van der Waals surface area contributed by atoms with Gasteiger partial charge in [0.05, 0.1) is 22.1 Å². The summed E-state index contributed by atoms with van der Waals surface area (Å²) in [5, 5.41) is 5.11. The predicted molar refractivity (Wildman–Crippen MR) is 398 cm³/mol.